The molecule has 276 valence electrons. The van der Waals surface area contributed by atoms with E-state index in [0.29, 0.717) is 12.8 Å². The molecule has 14 nitrogen and oxygen atoms in total. The normalized spacial score (nSPS) is 39.6. The quantitative estimate of drug-likeness (QED) is 0.171. The first kappa shape index (κ1) is 38.0. The molecule has 2 heterocycles. The van der Waals surface area contributed by atoms with Gasteiger partial charge in [-0.05, 0) is 50.2 Å². The van der Waals surface area contributed by atoms with Crippen LogP contribution in [-0.2, 0) is 33.2 Å². The lowest BCUT2D eigenvalue weighted by Gasteiger charge is -2.47. The highest BCUT2D eigenvalue weighted by molar-refractivity contribution is 5.89. The zero-order chi connectivity index (χ0) is 35.2. The molecule has 14 atom stereocenters. The second-order valence-corrected chi connectivity index (χ2v) is 14.0. The van der Waals surface area contributed by atoms with Gasteiger partial charge in [-0.3, -0.25) is 0 Å². The molecule has 2 aliphatic heterocycles. The third-order valence-electron chi connectivity index (χ3n) is 10.4. The number of benzene rings is 1. The van der Waals surface area contributed by atoms with E-state index in [4.69, 9.17) is 28.4 Å². The van der Waals surface area contributed by atoms with Gasteiger partial charge in [0.05, 0.1) is 30.5 Å². The molecule has 2 saturated carbocycles. The van der Waals surface area contributed by atoms with E-state index < -0.39 is 98.3 Å². The Morgan fingerprint density at radius 2 is 1.51 bits per heavy atom. The van der Waals surface area contributed by atoms with Crippen LogP contribution < -0.4 is 0 Å². The Balaban J connectivity index is 1.42. The largest absolute Gasteiger partial charge is 0.479 e. The van der Waals surface area contributed by atoms with E-state index in [1.165, 1.54) is 0 Å². The summed E-state index contributed by atoms with van der Waals surface area (Å²) in [5.74, 6) is -2.03. The van der Waals surface area contributed by atoms with Gasteiger partial charge in [-0.1, -0.05) is 63.6 Å². The van der Waals surface area contributed by atoms with Crippen molar-refractivity contribution >= 4 is 11.9 Å². The lowest BCUT2D eigenvalue weighted by Crippen LogP contribution is -2.64. The molecule has 14 heteroatoms. The summed E-state index contributed by atoms with van der Waals surface area (Å²) in [4.78, 5) is 26.0. The van der Waals surface area contributed by atoms with Gasteiger partial charge in [0.15, 0.2) is 24.8 Å². The van der Waals surface area contributed by atoms with Crippen LogP contribution in [0.5, 0.6) is 0 Å². The third kappa shape index (κ3) is 9.17. The van der Waals surface area contributed by atoms with Gasteiger partial charge in [-0.2, -0.15) is 0 Å². The van der Waals surface area contributed by atoms with Crippen molar-refractivity contribution in [3.63, 3.8) is 0 Å². The number of carboxylic acid groups (broad SMARTS) is 1. The van der Waals surface area contributed by atoms with Crippen molar-refractivity contribution in [2.75, 3.05) is 6.61 Å². The molecule has 2 aliphatic carbocycles. The van der Waals surface area contributed by atoms with E-state index in [0.717, 1.165) is 38.5 Å². The van der Waals surface area contributed by atoms with Crippen molar-refractivity contribution in [1.82, 2.24) is 0 Å². The van der Waals surface area contributed by atoms with Crippen molar-refractivity contribution in [2.24, 2.45) is 11.8 Å². The molecular weight excluding hydrogens is 644 g/mol. The minimum absolute atomic E-state index is 0.110. The number of aliphatic carboxylic acids is 1. The number of carboxylic acids is 1. The maximum Gasteiger partial charge on any atom is 0.338 e. The smallest absolute Gasteiger partial charge is 0.338 e. The topological polar surface area (TPSA) is 211 Å². The van der Waals surface area contributed by atoms with Crippen LogP contribution in [0.3, 0.4) is 0 Å². The Labute approximate surface area is 286 Å². The van der Waals surface area contributed by atoms with E-state index in [9.17, 15) is 40.2 Å². The van der Waals surface area contributed by atoms with Crippen LogP contribution in [0.15, 0.2) is 30.3 Å². The molecule has 6 N–H and O–H groups in total. The summed E-state index contributed by atoms with van der Waals surface area (Å²) in [5, 5.41) is 63.0. The van der Waals surface area contributed by atoms with Crippen molar-refractivity contribution in [3.8, 4) is 0 Å². The first-order valence-electron chi connectivity index (χ1n) is 17.6. The Bertz CT molecular complexity index is 1200. The zero-order valence-electron chi connectivity index (χ0n) is 28.1. The number of carbonyl (C=O) groups is 2. The first-order valence-corrected chi connectivity index (χ1v) is 17.6. The molecule has 4 fully saturated rings. The van der Waals surface area contributed by atoms with Gasteiger partial charge in [-0.25, -0.2) is 9.59 Å². The number of rotatable bonds is 12. The average molecular weight is 697 g/mol. The fraction of sp³-hybridized carbons (Fsp3) is 0.771. The third-order valence-corrected chi connectivity index (χ3v) is 10.4. The number of hydrogen-bond donors (Lipinski definition) is 6. The van der Waals surface area contributed by atoms with Crippen LogP contribution in [-0.4, -0.2) is 129 Å². The van der Waals surface area contributed by atoms with Crippen molar-refractivity contribution in [1.29, 1.82) is 0 Å². The second kappa shape index (κ2) is 17.3. The SMILES string of the molecule is C[C@@H]1O[C@@H](O[C@@H]2[C@@H](C)CCC[C@H]2O[C@@H]2O[C@H](CO)[C@H](O)[C@H](O[C@@H](CC3CCCCC3)C(=O)O)[C@H]2OC(=O)c2ccccc2)[C@@H](O)[C@H](O)[C@@H]1O. The molecule has 0 aromatic heterocycles. The Kier molecular flexibility index (Phi) is 13.4. The van der Waals surface area contributed by atoms with E-state index in [2.05, 4.69) is 0 Å². The van der Waals surface area contributed by atoms with Crippen LogP contribution in [0.25, 0.3) is 0 Å². The summed E-state index contributed by atoms with van der Waals surface area (Å²) in [5.41, 5.74) is 0.196. The summed E-state index contributed by atoms with van der Waals surface area (Å²) in [7, 11) is 0. The van der Waals surface area contributed by atoms with Crippen LogP contribution in [0.4, 0.5) is 0 Å². The van der Waals surface area contributed by atoms with E-state index >= 15 is 0 Å². The van der Waals surface area contributed by atoms with Gasteiger partial charge in [0, 0.05) is 0 Å². The van der Waals surface area contributed by atoms with Crippen molar-refractivity contribution in [3.05, 3.63) is 35.9 Å². The number of aliphatic hydroxyl groups excluding tert-OH is 5. The molecule has 0 bridgehead atoms. The van der Waals surface area contributed by atoms with E-state index in [-0.39, 0.29) is 23.8 Å². The molecule has 0 radical (unpaired) electrons. The minimum Gasteiger partial charge on any atom is -0.479 e. The standard InChI is InChI=1S/C35H52O14/c1-18-10-9-15-22(29(18)49-34-28(40)27(39)25(37)19(2)44-34)46-35-31(48-33(43)21-13-7-4-8-14-21)30(26(38)24(17-36)47-35)45-23(32(41)42)16-20-11-5-3-6-12-20/h4,7-8,13-14,18-20,22-31,34-40H,3,5-6,9-12,15-17H2,1-2H3,(H,41,42)/t18-,19-,22+,23-,24+,25+,26-,27+,28-,29+,30-,31+,34-,35+/m0/s1. The monoisotopic (exact) mass is 696 g/mol. The van der Waals surface area contributed by atoms with Gasteiger partial charge in [0.25, 0.3) is 0 Å². The fourth-order valence-corrected chi connectivity index (χ4v) is 7.48. The van der Waals surface area contributed by atoms with Gasteiger partial charge in [-0.15, -0.1) is 0 Å². The first-order chi connectivity index (χ1) is 23.5. The minimum atomic E-state index is -1.58. The highest BCUT2D eigenvalue weighted by Crippen LogP contribution is 2.37. The number of carbonyl (C=O) groups excluding carboxylic acids is 1. The van der Waals surface area contributed by atoms with Crippen LogP contribution in [0.2, 0.25) is 0 Å². The van der Waals surface area contributed by atoms with Gasteiger partial charge in [0.1, 0.15) is 36.6 Å². The summed E-state index contributed by atoms with van der Waals surface area (Å²) >= 11 is 0. The molecule has 0 unspecified atom stereocenters. The maximum atomic E-state index is 13.4. The highest BCUT2D eigenvalue weighted by Gasteiger charge is 2.52. The summed E-state index contributed by atoms with van der Waals surface area (Å²) in [6, 6.07) is 8.13. The predicted octanol–water partition coefficient (Wildman–Crippen LogP) is 1.52. The second-order valence-electron chi connectivity index (χ2n) is 14.0. The molecule has 49 heavy (non-hydrogen) atoms. The Hall–Kier alpha value is -2.24. The molecule has 1 aromatic rings. The van der Waals surface area contributed by atoms with Crippen LogP contribution >= 0.6 is 0 Å². The summed E-state index contributed by atoms with van der Waals surface area (Å²) in [6.45, 7) is 2.81. The van der Waals surface area contributed by atoms with Crippen LogP contribution in [0.1, 0.15) is 82.0 Å². The molecule has 4 aliphatic rings. The van der Waals surface area contributed by atoms with Crippen molar-refractivity contribution in [2.45, 2.75) is 151 Å². The molecule has 0 spiro atoms. The van der Waals surface area contributed by atoms with Gasteiger partial charge in [0.2, 0.25) is 0 Å². The lowest BCUT2D eigenvalue weighted by atomic mass is 9.85. The van der Waals surface area contributed by atoms with E-state index in [1.54, 1.807) is 37.3 Å². The molecular formula is C35H52O14. The number of esters is 1. The number of aliphatic hydroxyl groups is 5. The number of hydrogen-bond acceptors (Lipinski definition) is 13. The Morgan fingerprint density at radius 3 is 2.18 bits per heavy atom. The molecule has 0 amide bonds. The lowest BCUT2D eigenvalue weighted by molar-refractivity contribution is -0.348. The fourth-order valence-electron chi connectivity index (χ4n) is 7.48. The Morgan fingerprint density at radius 1 is 0.796 bits per heavy atom. The predicted molar refractivity (Wildman–Crippen MR) is 170 cm³/mol. The summed E-state index contributed by atoms with van der Waals surface area (Å²) < 4.78 is 36.5. The maximum absolute atomic E-state index is 13.4. The van der Waals surface area contributed by atoms with Gasteiger partial charge >= 0.3 is 11.9 Å². The molecule has 5 rings (SSSR count). The molecule has 2 saturated heterocycles. The van der Waals surface area contributed by atoms with Crippen LogP contribution in [0, 0.1) is 11.8 Å². The van der Waals surface area contributed by atoms with Crippen molar-refractivity contribution < 1.29 is 68.6 Å². The van der Waals surface area contributed by atoms with E-state index in [1.807, 2.05) is 6.92 Å². The highest BCUT2D eigenvalue weighted by atomic mass is 16.7. The van der Waals surface area contributed by atoms with Gasteiger partial charge < -0.3 is 59.1 Å². The number of ether oxygens (including phenoxy) is 6. The summed E-state index contributed by atoms with van der Waals surface area (Å²) in [6.07, 6.45) is -9.64. The zero-order valence-corrected chi connectivity index (χ0v) is 28.1. The molecule has 1 aromatic carbocycles. The average Bonchev–Trinajstić information content (AvgIpc) is 3.10.